The Balaban J connectivity index is 1.60. The highest BCUT2D eigenvalue weighted by Crippen LogP contribution is 2.36. The number of carbonyl (C=O) groups is 1. The second-order valence-electron chi connectivity index (χ2n) is 6.37. The zero-order valence-corrected chi connectivity index (χ0v) is 15.5. The van der Waals surface area contributed by atoms with Crippen LogP contribution < -0.4 is 5.32 Å². The summed E-state index contributed by atoms with van der Waals surface area (Å²) < 4.78 is 7.05. The quantitative estimate of drug-likeness (QED) is 0.506. The summed E-state index contributed by atoms with van der Waals surface area (Å²) in [5, 5.41) is 3.01. The van der Waals surface area contributed by atoms with Crippen molar-refractivity contribution in [2.45, 2.75) is 20.4 Å². The summed E-state index contributed by atoms with van der Waals surface area (Å²) in [6.45, 7) is 4.51. The molecule has 2 aromatic heterocycles. The molecule has 0 unspecified atom stereocenters. The van der Waals surface area contributed by atoms with Crippen LogP contribution in [0.4, 0.5) is 0 Å². The van der Waals surface area contributed by atoms with Crippen molar-refractivity contribution in [2.24, 2.45) is 0 Å². The normalized spacial score (nSPS) is 11.0. The minimum absolute atomic E-state index is 0.0942. The lowest BCUT2D eigenvalue weighted by Crippen LogP contribution is -2.23. The van der Waals surface area contributed by atoms with E-state index in [0.717, 1.165) is 26.5 Å². The van der Waals surface area contributed by atoms with Gasteiger partial charge in [0.05, 0.1) is 10.3 Å². The van der Waals surface area contributed by atoms with Gasteiger partial charge in [0.1, 0.15) is 5.76 Å². The number of fused-ring (bicyclic) bond motifs is 1. The third-order valence-corrected chi connectivity index (χ3v) is 5.43. The molecule has 2 heterocycles. The molecule has 3 nitrogen and oxygen atoms in total. The number of furan rings is 1. The van der Waals surface area contributed by atoms with Gasteiger partial charge in [-0.3, -0.25) is 4.79 Å². The molecule has 0 spiro atoms. The molecular weight excluding hydrogens is 342 g/mol. The van der Waals surface area contributed by atoms with Gasteiger partial charge in [-0.2, -0.15) is 0 Å². The van der Waals surface area contributed by atoms with Crippen LogP contribution in [0.5, 0.6) is 0 Å². The lowest BCUT2D eigenvalue weighted by molar-refractivity contribution is 0.0951. The van der Waals surface area contributed by atoms with Crippen LogP contribution in [-0.2, 0) is 6.54 Å². The summed E-state index contributed by atoms with van der Waals surface area (Å²) in [7, 11) is 0. The molecule has 2 aromatic carbocycles. The molecule has 0 atom stereocenters. The Kier molecular flexibility index (Phi) is 4.35. The highest BCUT2D eigenvalue weighted by Gasteiger charge is 2.21. The number of hydrogen-bond acceptors (Lipinski definition) is 3. The van der Waals surface area contributed by atoms with Gasteiger partial charge in [0.25, 0.3) is 5.91 Å². The summed E-state index contributed by atoms with van der Waals surface area (Å²) >= 11 is 1.59. The van der Waals surface area contributed by atoms with Crippen molar-refractivity contribution in [3.8, 4) is 11.3 Å². The van der Waals surface area contributed by atoms with E-state index in [1.54, 1.807) is 11.3 Å². The smallest absolute Gasteiger partial charge is 0.256 e. The molecule has 4 heteroatoms. The van der Waals surface area contributed by atoms with Gasteiger partial charge in [-0.1, -0.05) is 60.2 Å². The van der Waals surface area contributed by atoms with Gasteiger partial charge in [-0.15, -0.1) is 11.3 Å². The van der Waals surface area contributed by atoms with Crippen molar-refractivity contribution >= 4 is 27.5 Å². The first-order valence-electron chi connectivity index (χ1n) is 8.54. The highest BCUT2D eigenvalue weighted by molar-refractivity contribution is 7.19. The molecule has 0 saturated carbocycles. The van der Waals surface area contributed by atoms with Crippen molar-refractivity contribution in [2.75, 3.05) is 0 Å². The maximum Gasteiger partial charge on any atom is 0.256 e. The fraction of sp³-hybridized carbons (Fsp3) is 0.136. The van der Waals surface area contributed by atoms with E-state index in [-0.39, 0.29) is 5.91 Å². The molecule has 0 radical (unpaired) electrons. The van der Waals surface area contributed by atoms with Crippen molar-refractivity contribution in [1.29, 1.82) is 0 Å². The van der Waals surface area contributed by atoms with Gasteiger partial charge in [-0.25, -0.2) is 0 Å². The summed E-state index contributed by atoms with van der Waals surface area (Å²) in [6, 6.07) is 20.1. The molecule has 0 aliphatic rings. The van der Waals surface area contributed by atoms with E-state index in [4.69, 9.17) is 4.42 Å². The van der Waals surface area contributed by atoms with Crippen LogP contribution >= 0.6 is 11.3 Å². The van der Waals surface area contributed by atoms with Gasteiger partial charge < -0.3 is 9.73 Å². The molecule has 0 bridgehead atoms. The van der Waals surface area contributed by atoms with E-state index in [9.17, 15) is 4.79 Å². The number of amides is 1. The lowest BCUT2D eigenvalue weighted by atomic mass is 10.1. The van der Waals surface area contributed by atoms with Gasteiger partial charge in [-0.05, 0) is 19.4 Å². The molecule has 1 N–H and O–H groups in total. The fourth-order valence-electron chi connectivity index (χ4n) is 2.98. The standard InChI is InChI=1S/C22H19NO2S/c1-14-8-10-16(11-9-14)13-23-22(24)20-15(2)26-19-12-18(25-21(19)20)17-6-4-3-5-7-17/h3-12H,13H2,1-2H3,(H,23,24). The first kappa shape index (κ1) is 16.6. The number of carbonyl (C=O) groups excluding carboxylic acids is 1. The van der Waals surface area contributed by atoms with Crippen LogP contribution in [0.1, 0.15) is 26.4 Å². The Bertz CT molecular complexity index is 1060. The van der Waals surface area contributed by atoms with E-state index in [1.165, 1.54) is 5.56 Å². The average molecular weight is 361 g/mol. The molecule has 0 aliphatic carbocycles. The summed E-state index contributed by atoms with van der Waals surface area (Å²) in [5.41, 5.74) is 4.61. The third kappa shape index (κ3) is 3.16. The Morgan fingerprint density at radius 1 is 1.04 bits per heavy atom. The van der Waals surface area contributed by atoms with E-state index in [2.05, 4.69) is 12.2 Å². The molecule has 4 rings (SSSR count). The van der Waals surface area contributed by atoms with Crippen molar-refractivity contribution in [3.63, 3.8) is 0 Å². The van der Waals surface area contributed by atoms with Gasteiger partial charge in [0.15, 0.2) is 5.58 Å². The first-order valence-corrected chi connectivity index (χ1v) is 9.35. The fourth-order valence-corrected chi connectivity index (χ4v) is 4.00. The molecule has 0 saturated heterocycles. The van der Waals surface area contributed by atoms with Crippen LogP contribution in [0.15, 0.2) is 65.1 Å². The number of thiophene rings is 1. The second kappa shape index (κ2) is 6.81. The molecule has 0 fully saturated rings. The lowest BCUT2D eigenvalue weighted by Gasteiger charge is -2.05. The highest BCUT2D eigenvalue weighted by atomic mass is 32.1. The van der Waals surface area contributed by atoms with Crippen LogP contribution in [0.2, 0.25) is 0 Å². The maximum absolute atomic E-state index is 12.8. The third-order valence-electron chi connectivity index (χ3n) is 4.40. The van der Waals surface area contributed by atoms with Crippen LogP contribution in [0.25, 0.3) is 21.6 Å². The number of benzene rings is 2. The molecule has 130 valence electrons. The van der Waals surface area contributed by atoms with Crippen molar-refractivity contribution < 1.29 is 9.21 Å². The predicted molar refractivity (Wildman–Crippen MR) is 107 cm³/mol. The number of rotatable bonds is 4. The van der Waals surface area contributed by atoms with Crippen LogP contribution in [-0.4, -0.2) is 5.91 Å². The van der Waals surface area contributed by atoms with E-state index in [1.807, 2.05) is 67.6 Å². The van der Waals surface area contributed by atoms with E-state index < -0.39 is 0 Å². The Morgan fingerprint density at radius 2 is 1.77 bits per heavy atom. The van der Waals surface area contributed by atoms with Crippen LogP contribution in [0, 0.1) is 13.8 Å². The Labute approximate surface area is 156 Å². The Morgan fingerprint density at radius 3 is 2.50 bits per heavy atom. The van der Waals surface area contributed by atoms with Gasteiger partial charge in [0.2, 0.25) is 0 Å². The molecule has 1 amide bonds. The molecular formula is C22H19NO2S. The van der Waals surface area contributed by atoms with Crippen LogP contribution in [0.3, 0.4) is 0 Å². The first-order chi connectivity index (χ1) is 12.6. The van der Waals surface area contributed by atoms with E-state index >= 15 is 0 Å². The van der Waals surface area contributed by atoms with Crippen molar-refractivity contribution in [3.05, 3.63) is 82.2 Å². The minimum Gasteiger partial charge on any atom is -0.454 e. The average Bonchev–Trinajstić information content (AvgIpc) is 3.18. The predicted octanol–water partition coefficient (Wildman–Crippen LogP) is 5.71. The topological polar surface area (TPSA) is 42.2 Å². The number of hydrogen-bond donors (Lipinski definition) is 1. The largest absolute Gasteiger partial charge is 0.454 e. The molecule has 4 aromatic rings. The second-order valence-corrected chi connectivity index (χ2v) is 7.63. The van der Waals surface area contributed by atoms with Gasteiger partial charge >= 0.3 is 0 Å². The van der Waals surface area contributed by atoms with E-state index in [0.29, 0.717) is 17.7 Å². The zero-order chi connectivity index (χ0) is 18.1. The summed E-state index contributed by atoms with van der Waals surface area (Å²) in [5.74, 6) is 0.697. The SMILES string of the molecule is Cc1ccc(CNC(=O)c2c(C)sc3cc(-c4ccccc4)oc23)cc1. The monoisotopic (exact) mass is 361 g/mol. The number of aryl methyl sites for hydroxylation is 2. The molecule has 0 aliphatic heterocycles. The summed E-state index contributed by atoms with van der Waals surface area (Å²) in [4.78, 5) is 13.7. The minimum atomic E-state index is -0.0942. The Hall–Kier alpha value is -2.85. The van der Waals surface area contributed by atoms with Crippen molar-refractivity contribution in [1.82, 2.24) is 5.32 Å². The maximum atomic E-state index is 12.8. The molecule has 26 heavy (non-hydrogen) atoms. The summed E-state index contributed by atoms with van der Waals surface area (Å²) in [6.07, 6.45) is 0. The zero-order valence-electron chi connectivity index (χ0n) is 14.7. The van der Waals surface area contributed by atoms with Gasteiger partial charge in [0, 0.05) is 23.1 Å². The number of nitrogens with one attached hydrogen (secondary N) is 1.